The average Bonchev–Trinajstić information content (AvgIpc) is 1.00. The maximum absolute atomic E-state index is 4.25. The standard InChI is InChI=1S/C2H3.Au.Pt/c1-2;;/h1H,2H2;;/q-1;;. The predicted octanol–water partition coefficient (Wildman–Crippen LogP) is 0.600. The van der Waals surface area contributed by atoms with Crippen LogP contribution in [0.1, 0.15) is 0 Å². The normalized spacial score (nSPS) is 1.00. The van der Waals surface area contributed by atoms with Crippen LogP contribution in [-0.4, -0.2) is 0 Å². The quantitative estimate of drug-likeness (QED) is 0.399. The van der Waals surface area contributed by atoms with Crippen molar-refractivity contribution in [3.05, 3.63) is 13.2 Å². The van der Waals surface area contributed by atoms with E-state index >= 15 is 0 Å². The molecule has 33 valence electrons. The van der Waals surface area contributed by atoms with Gasteiger partial charge in [-0.05, 0) is 0 Å². The molecule has 0 saturated heterocycles. The van der Waals surface area contributed by atoms with Gasteiger partial charge >= 0.3 is 0 Å². The van der Waals surface area contributed by atoms with Crippen LogP contribution in [0.4, 0.5) is 0 Å². The third-order valence-electron chi connectivity index (χ3n) is 0. The van der Waals surface area contributed by atoms with Crippen LogP contribution in [0.25, 0.3) is 0 Å². The van der Waals surface area contributed by atoms with E-state index in [4.69, 9.17) is 0 Å². The Morgan fingerprint density at radius 1 is 1.25 bits per heavy atom. The molecule has 0 aromatic rings. The Kier molecular flexibility index (Phi) is 146. The average molecular weight is 419 g/mol. The minimum Gasteiger partial charge on any atom is -0.521 e. The molecule has 0 aliphatic rings. The third kappa shape index (κ3) is 10.9. The van der Waals surface area contributed by atoms with Gasteiger partial charge in [-0.1, -0.05) is 0 Å². The summed E-state index contributed by atoms with van der Waals surface area (Å²) >= 11 is 0. The van der Waals surface area contributed by atoms with Crippen molar-refractivity contribution in [2.75, 3.05) is 0 Å². The van der Waals surface area contributed by atoms with Crippen molar-refractivity contribution in [1.82, 2.24) is 0 Å². The fourth-order valence-corrected chi connectivity index (χ4v) is 0. The molecule has 0 fully saturated rings. The summed E-state index contributed by atoms with van der Waals surface area (Å²) in [6, 6.07) is 0. The molecule has 2 heteroatoms. The second-order valence-electron chi connectivity index (χ2n) is 0. The van der Waals surface area contributed by atoms with Crippen molar-refractivity contribution in [2.24, 2.45) is 0 Å². The van der Waals surface area contributed by atoms with Gasteiger partial charge in [0, 0.05) is 43.4 Å². The van der Waals surface area contributed by atoms with Crippen LogP contribution >= 0.6 is 0 Å². The summed E-state index contributed by atoms with van der Waals surface area (Å²) in [7, 11) is 0. The summed E-state index contributed by atoms with van der Waals surface area (Å²) in [4.78, 5) is 0. The Hall–Kier alpha value is 1.17. The van der Waals surface area contributed by atoms with Crippen LogP contribution in [0.3, 0.4) is 0 Å². The minimum absolute atomic E-state index is 0. The fourth-order valence-electron chi connectivity index (χ4n) is 0. The first-order valence-electron chi connectivity index (χ1n) is 0.408. The molecule has 0 spiro atoms. The van der Waals surface area contributed by atoms with Crippen molar-refractivity contribution in [3.63, 3.8) is 0 Å². The van der Waals surface area contributed by atoms with Gasteiger partial charge in [0.05, 0.1) is 0 Å². The second kappa shape index (κ2) is 30.6. The molecule has 0 unspecified atom stereocenters. The van der Waals surface area contributed by atoms with Crippen LogP contribution in [-0.2, 0) is 43.4 Å². The summed E-state index contributed by atoms with van der Waals surface area (Å²) in [5.74, 6) is 0. The van der Waals surface area contributed by atoms with Gasteiger partial charge in [0.25, 0.3) is 0 Å². The molecule has 0 atom stereocenters. The van der Waals surface area contributed by atoms with Gasteiger partial charge < -0.3 is 6.58 Å². The van der Waals surface area contributed by atoms with Crippen molar-refractivity contribution >= 4 is 0 Å². The first kappa shape index (κ1) is 19.1. The van der Waals surface area contributed by atoms with E-state index in [1.807, 2.05) is 0 Å². The van der Waals surface area contributed by atoms with E-state index in [9.17, 15) is 0 Å². The van der Waals surface area contributed by atoms with Crippen molar-refractivity contribution < 1.29 is 43.4 Å². The Balaban J connectivity index is -0.00000000500. The van der Waals surface area contributed by atoms with Gasteiger partial charge in [-0.3, -0.25) is 6.58 Å². The summed E-state index contributed by atoms with van der Waals surface area (Å²) in [5.41, 5.74) is 0. The van der Waals surface area contributed by atoms with Crippen molar-refractivity contribution in [3.8, 4) is 0 Å². The molecule has 0 nitrogen and oxygen atoms in total. The third-order valence-corrected chi connectivity index (χ3v) is 0. The zero-order valence-electron chi connectivity index (χ0n) is 1.90. The molecule has 0 heterocycles. The Morgan fingerprint density at radius 3 is 1.25 bits per heavy atom. The van der Waals surface area contributed by atoms with Crippen molar-refractivity contribution in [1.29, 1.82) is 0 Å². The molecule has 0 aliphatic heterocycles. The number of rotatable bonds is 0. The SMILES string of the molecule is [Au].[CH-]=C.[Pt]. The van der Waals surface area contributed by atoms with E-state index < -0.39 is 0 Å². The van der Waals surface area contributed by atoms with Crippen LogP contribution < -0.4 is 0 Å². The van der Waals surface area contributed by atoms with Gasteiger partial charge in [-0.15, -0.1) is 0 Å². The summed E-state index contributed by atoms with van der Waals surface area (Å²) < 4.78 is 0. The molecule has 0 aromatic heterocycles. The first-order valence-corrected chi connectivity index (χ1v) is 0.408. The number of hydrogen-bond donors (Lipinski definition) is 0. The van der Waals surface area contributed by atoms with Gasteiger partial charge in [-0.2, -0.15) is 0 Å². The molecule has 0 bridgehead atoms. The van der Waals surface area contributed by atoms with Gasteiger partial charge in [0.2, 0.25) is 0 Å². The molecule has 1 radical (unpaired) electrons. The van der Waals surface area contributed by atoms with Crippen LogP contribution in [0.15, 0.2) is 6.58 Å². The van der Waals surface area contributed by atoms with Gasteiger partial charge in [-0.25, -0.2) is 0 Å². The Bertz CT molecular complexity index is 6.00. The summed E-state index contributed by atoms with van der Waals surface area (Å²) in [6.45, 7) is 7.00. The predicted molar refractivity (Wildman–Crippen MR) is 9.93 cm³/mol. The van der Waals surface area contributed by atoms with E-state index in [2.05, 4.69) is 13.2 Å². The van der Waals surface area contributed by atoms with Crippen LogP contribution in [0.5, 0.6) is 0 Å². The largest absolute Gasteiger partial charge is 0.521 e. The summed E-state index contributed by atoms with van der Waals surface area (Å²) in [5, 5.41) is 0. The van der Waals surface area contributed by atoms with Crippen LogP contribution in [0.2, 0.25) is 0 Å². The Labute approximate surface area is 56.4 Å². The molecule has 4 heavy (non-hydrogen) atoms. The zero-order chi connectivity index (χ0) is 2.00. The van der Waals surface area contributed by atoms with E-state index in [1.165, 1.54) is 0 Å². The first-order chi connectivity index (χ1) is 1.00. The molecule has 0 aliphatic carbocycles. The van der Waals surface area contributed by atoms with E-state index in [1.54, 1.807) is 0 Å². The topological polar surface area (TPSA) is 0 Å². The Morgan fingerprint density at radius 2 is 1.25 bits per heavy atom. The van der Waals surface area contributed by atoms with E-state index in [0.29, 0.717) is 0 Å². The number of hydrogen-bond acceptors (Lipinski definition) is 0. The maximum Gasteiger partial charge on any atom is 0 e. The smallest absolute Gasteiger partial charge is 0 e. The molecule has 0 amide bonds. The summed E-state index contributed by atoms with van der Waals surface area (Å²) in [6.07, 6.45) is 0. The maximum atomic E-state index is 4.25. The van der Waals surface area contributed by atoms with Gasteiger partial charge in [0.15, 0.2) is 0 Å². The molecule has 0 N–H and O–H groups in total. The fraction of sp³-hybridized carbons (Fsp3) is 0. The second-order valence-corrected chi connectivity index (χ2v) is 0. The monoisotopic (exact) mass is 419 g/mol. The molecule has 0 saturated carbocycles. The zero-order valence-corrected chi connectivity index (χ0v) is 6.34. The van der Waals surface area contributed by atoms with E-state index in [0.717, 1.165) is 0 Å². The molecular weight excluding hydrogens is 416 g/mol. The molecule has 0 rings (SSSR count). The van der Waals surface area contributed by atoms with E-state index in [-0.39, 0.29) is 43.4 Å². The molecular formula is C2H3AuPt-. The van der Waals surface area contributed by atoms with Gasteiger partial charge in [0.1, 0.15) is 0 Å². The van der Waals surface area contributed by atoms with Crippen LogP contribution in [0, 0.1) is 6.58 Å². The minimum atomic E-state index is 0. The van der Waals surface area contributed by atoms with Crippen molar-refractivity contribution in [2.45, 2.75) is 0 Å². The molecule has 0 aromatic carbocycles.